The Morgan fingerprint density at radius 3 is 2.80 bits per heavy atom. The fourth-order valence-electron chi connectivity index (χ4n) is 3.08. The molecule has 8 heteroatoms. The predicted molar refractivity (Wildman–Crippen MR) is 92.8 cm³/mol. The Kier molecular flexibility index (Phi) is 3.96. The fourth-order valence-corrected chi connectivity index (χ4v) is 3.08. The van der Waals surface area contributed by atoms with Crippen molar-refractivity contribution in [3.63, 3.8) is 0 Å². The predicted octanol–water partition coefficient (Wildman–Crippen LogP) is 1.54. The van der Waals surface area contributed by atoms with Crippen molar-refractivity contribution >= 4 is 5.82 Å². The second-order valence-electron chi connectivity index (χ2n) is 6.27. The zero-order valence-electron chi connectivity index (χ0n) is 14.4. The number of rotatable bonds is 4. The van der Waals surface area contributed by atoms with Crippen molar-refractivity contribution in [2.24, 2.45) is 7.05 Å². The van der Waals surface area contributed by atoms with Gasteiger partial charge in [-0.1, -0.05) is 6.92 Å². The van der Waals surface area contributed by atoms with Crippen LogP contribution < -0.4 is 4.90 Å². The van der Waals surface area contributed by atoms with Crippen molar-refractivity contribution in [1.82, 2.24) is 29.5 Å². The summed E-state index contributed by atoms with van der Waals surface area (Å²) in [5, 5.41) is 23.2. The first-order chi connectivity index (χ1) is 12.2. The van der Waals surface area contributed by atoms with Crippen LogP contribution in [0.5, 0.6) is 0 Å². The van der Waals surface area contributed by atoms with Crippen LogP contribution in [-0.2, 0) is 20.1 Å². The molecule has 3 aromatic heterocycles. The van der Waals surface area contributed by atoms with Gasteiger partial charge in [-0.25, -0.2) is 4.98 Å². The van der Waals surface area contributed by atoms with Gasteiger partial charge in [-0.15, -0.1) is 10.2 Å². The van der Waals surface area contributed by atoms with Crippen LogP contribution in [0.15, 0.2) is 30.6 Å². The summed E-state index contributed by atoms with van der Waals surface area (Å²) in [6.45, 7) is 4.25. The fraction of sp³-hybridized carbons (Fsp3) is 0.412. The van der Waals surface area contributed by atoms with Crippen LogP contribution in [0.1, 0.15) is 30.8 Å². The summed E-state index contributed by atoms with van der Waals surface area (Å²) in [5.74, 6) is 1.64. The van der Waals surface area contributed by atoms with E-state index in [1.54, 1.807) is 6.20 Å². The zero-order valence-corrected chi connectivity index (χ0v) is 14.4. The summed E-state index contributed by atoms with van der Waals surface area (Å²) >= 11 is 0. The SMILES string of the molecule is CC[C@@H](O)c1cc2n(n1)CCN(c1ccc(-c3nccn3C)nn1)C2. The number of aryl methyl sites for hydroxylation is 1. The number of aliphatic hydroxyl groups excluding tert-OH is 1. The van der Waals surface area contributed by atoms with Crippen LogP contribution in [0.4, 0.5) is 5.82 Å². The Bertz CT molecular complexity index is 868. The molecular weight excluding hydrogens is 318 g/mol. The lowest BCUT2D eigenvalue weighted by atomic mass is 10.2. The van der Waals surface area contributed by atoms with Crippen molar-refractivity contribution < 1.29 is 5.11 Å². The summed E-state index contributed by atoms with van der Waals surface area (Å²) in [5.41, 5.74) is 2.59. The van der Waals surface area contributed by atoms with E-state index in [9.17, 15) is 5.11 Å². The van der Waals surface area contributed by atoms with E-state index < -0.39 is 6.10 Å². The standard InChI is InChI=1S/C17H21N7O/c1-3-15(25)14-10-12-11-23(8-9-24(12)21-14)16-5-4-13(19-20-16)17-18-6-7-22(17)2/h4-7,10,15,25H,3,8-9,11H2,1-2H3/t15-/m1/s1. The molecule has 8 nitrogen and oxygen atoms in total. The molecule has 1 atom stereocenters. The Balaban J connectivity index is 1.53. The number of aliphatic hydroxyl groups is 1. The summed E-state index contributed by atoms with van der Waals surface area (Å²) < 4.78 is 3.89. The highest BCUT2D eigenvalue weighted by Crippen LogP contribution is 2.23. The van der Waals surface area contributed by atoms with Crippen LogP contribution in [-0.4, -0.2) is 41.2 Å². The largest absolute Gasteiger partial charge is 0.387 e. The second kappa shape index (κ2) is 6.29. The maximum atomic E-state index is 9.99. The molecule has 0 spiro atoms. The third kappa shape index (κ3) is 2.89. The van der Waals surface area contributed by atoms with E-state index >= 15 is 0 Å². The molecular formula is C17H21N7O. The number of hydrogen-bond donors (Lipinski definition) is 1. The molecule has 0 amide bonds. The molecule has 25 heavy (non-hydrogen) atoms. The van der Waals surface area contributed by atoms with Crippen molar-refractivity contribution in [2.75, 3.05) is 11.4 Å². The van der Waals surface area contributed by atoms with E-state index in [0.29, 0.717) is 13.0 Å². The van der Waals surface area contributed by atoms with Crippen molar-refractivity contribution in [3.05, 3.63) is 42.0 Å². The minimum Gasteiger partial charge on any atom is -0.387 e. The molecule has 4 rings (SSSR count). The van der Waals surface area contributed by atoms with Gasteiger partial charge < -0.3 is 14.6 Å². The van der Waals surface area contributed by atoms with Gasteiger partial charge in [0, 0.05) is 26.0 Å². The van der Waals surface area contributed by atoms with Gasteiger partial charge in [0.05, 0.1) is 30.6 Å². The lowest BCUT2D eigenvalue weighted by Gasteiger charge is -2.28. The van der Waals surface area contributed by atoms with Gasteiger partial charge >= 0.3 is 0 Å². The average molecular weight is 339 g/mol. The molecule has 0 radical (unpaired) electrons. The van der Waals surface area contributed by atoms with Crippen LogP contribution in [0.2, 0.25) is 0 Å². The van der Waals surface area contributed by atoms with E-state index in [2.05, 4.69) is 25.2 Å². The van der Waals surface area contributed by atoms with Crippen molar-refractivity contribution in [3.8, 4) is 11.5 Å². The maximum absolute atomic E-state index is 9.99. The molecule has 130 valence electrons. The summed E-state index contributed by atoms with van der Waals surface area (Å²) in [6, 6.07) is 5.91. The van der Waals surface area contributed by atoms with E-state index in [1.165, 1.54) is 0 Å². The first-order valence-electron chi connectivity index (χ1n) is 8.46. The first-order valence-corrected chi connectivity index (χ1v) is 8.46. The van der Waals surface area contributed by atoms with E-state index in [0.717, 1.165) is 41.8 Å². The highest BCUT2D eigenvalue weighted by atomic mass is 16.3. The smallest absolute Gasteiger partial charge is 0.160 e. The van der Waals surface area contributed by atoms with E-state index in [4.69, 9.17) is 0 Å². The first kappa shape index (κ1) is 15.8. The molecule has 0 fully saturated rings. The Labute approximate surface area is 145 Å². The van der Waals surface area contributed by atoms with Crippen molar-refractivity contribution in [1.29, 1.82) is 0 Å². The van der Waals surface area contributed by atoms with Crippen LogP contribution in [0.3, 0.4) is 0 Å². The summed E-state index contributed by atoms with van der Waals surface area (Å²) in [6.07, 6.45) is 3.81. The number of fused-ring (bicyclic) bond motifs is 1. The third-order valence-corrected chi connectivity index (χ3v) is 4.57. The number of nitrogens with zero attached hydrogens (tertiary/aromatic N) is 7. The highest BCUT2D eigenvalue weighted by molar-refractivity contribution is 5.52. The summed E-state index contributed by atoms with van der Waals surface area (Å²) in [7, 11) is 1.94. The topological polar surface area (TPSA) is 84.9 Å². The Morgan fingerprint density at radius 2 is 2.12 bits per heavy atom. The summed E-state index contributed by atoms with van der Waals surface area (Å²) in [4.78, 5) is 6.47. The third-order valence-electron chi connectivity index (χ3n) is 4.57. The lowest BCUT2D eigenvalue weighted by Crippen LogP contribution is -2.34. The molecule has 0 unspecified atom stereocenters. The molecule has 1 aliphatic heterocycles. The van der Waals surface area contributed by atoms with E-state index in [-0.39, 0.29) is 0 Å². The second-order valence-corrected chi connectivity index (χ2v) is 6.27. The van der Waals surface area contributed by atoms with Gasteiger partial charge in [0.25, 0.3) is 0 Å². The monoisotopic (exact) mass is 339 g/mol. The number of aromatic nitrogens is 6. The number of imidazole rings is 1. The quantitative estimate of drug-likeness (QED) is 0.776. The zero-order chi connectivity index (χ0) is 17.4. The average Bonchev–Trinajstić information content (AvgIpc) is 3.26. The van der Waals surface area contributed by atoms with Gasteiger partial charge in [0.15, 0.2) is 11.6 Å². The van der Waals surface area contributed by atoms with Gasteiger partial charge in [-0.2, -0.15) is 5.10 Å². The lowest BCUT2D eigenvalue weighted by molar-refractivity contribution is 0.168. The molecule has 1 N–H and O–H groups in total. The van der Waals surface area contributed by atoms with Gasteiger partial charge in [0.1, 0.15) is 5.69 Å². The molecule has 0 bridgehead atoms. The minimum atomic E-state index is -0.497. The van der Waals surface area contributed by atoms with Crippen LogP contribution >= 0.6 is 0 Å². The molecule has 0 saturated heterocycles. The van der Waals surface area contributed by atoms with Gasteiger partial charge in [0.2, 0.25) is 0 Å². The minimum absolute atomic E-state index is 0.497. The van der Waals surface area contributed by atoms with Gasteiger partial charge in [-0.3, -0.25) is 4.68 Å². The van der Waals surface area contributed by atoms with Crippen LogP contribution in [0.25, 0.3) is 11.5 Å². The van der Waals surface area contributed by atoms with Crippen LogP contribution in [0, 0.1) is 0 Å². The molecule has 1 aliphatic rings. The molecule has 3 aromatic rings. The molecule has 0 aromatic carbocycles. The number of anilines is 1. The van der Waals surface area contributed by atoms with Gasteiger partial charge in [-0.05, 0) is 24.6 Å². The van der Waals surface area contributed by atoms with E-state index in [1.807, 2.05) is 47.6 Å². The maximum Gasteiger partial charge on any atom is 0.160 e. The highest BCUT2D eigenvalue weighted by Gasteiger charge is 2.21. The molecule has 0 saturated carbocycles. The Morgan fingerprint density at radius 1 is 1.24 bits per heavy atom. The van der Waals surface area contributed by atoms with Crippen molar-refractivity contribution in [2.45, 2.75) is 32.5 Å². The Hall–Kier alpha value is -2.74. The molecule has 0 aliphatic carbocycles. The normalized spacial score (nSPS) is 15.2. The molecule has 4 heterocycles. The number of hydrogen-bond acceptors (Lipinski definition) is 6.